The van der Waals surface area contributed by atoms with E-state index in [0.29, 0.717) is 17.9 Å². The van der Waals surface area contributed by atoms with E-state index in [-0.39, 0.29) is 0 Å². The molecule has 0 bridgehead atoms. The second-order valence-electron chi connectivity index (χ2n) is 7.09. The highest BCUT2D eigenvalue weighted by molar-refractivity contribution is 5.40. The number of benzene rings is 1. The van der Waals surface area contributed by atoms with Gasteiger partial charge in [0.25, 0.3) is 0 Å². The van der Waals surface area contributed by atoms with Crippen LogP contribution in [0.15, 0.2) is 18.2 Å². The van der Waals surface area contributed by atoms with E-state index in [1.54, 1.807) is 7.11 Å². The molecule has 0 radical (unpaired) electrons. The molecular weight excluding hydrogens is 272 g/mol. The molecule has 1 saturated heterocycles. The standard InChI is InChI=1S/C19H32N2O/c1-14(2)12-18(21-10-8-20-9-11-21)17-13-16(15(3)4)6-7-19(17)22-5/h6-7,13-15,18,20H,8-12H2,1-5H3/t18-/m1/s1. The molecule has 0 unspecified atom stereocenters. The van der Waals surface area contributed by atoms with Crippen LogP contribution >= 0.6 is 0 Å². The van der Waals surface area contributed by atoms with Gasteiger partial charge in [0.15, 0.2) is 0 Å². The van der Waals surface area contributed by atoms with Gasteiger partial charge in [-0.15, -0.1) is 0 Å². The third-order valence-electron chi connectivity index (χ3n) is 4.57. The number of hydrogen-bond donors (Lipinski definition) is 1. The number of rotatable bonds is 6. The number of ether oxygens (including phenoxy) is 1. The Labute approximate surface area is 136 Å². The van der Waals surface area contributed by atoms with Crippen LogP contribution in [-0.2, 0) is 0 Å². The highest BCUT2D eigenvalue weighted by Gasteiger charge is 2.26. The summed E-state index contributed by atoms with van der Waals surface area (Å²) in [6, 6.07) is 7.19. The average Bonchev–Trinajstić information content (AvgIpc) is 2.52. The molecule has 124 valence electrons. The summed E-state index contributed by atoms with van der Waals surface area (Å²) in [5.41, 5.74) is 2.77. The molecule has 1 aliphatic heterocycles. The summed E-state index contributed by atoms with van der Waals surface area (Å²) in [6.07, 6.45) is 1.18. The van der Waals surface area contributed by atoms with Gasteiger partial charge in [0.1, 0.15) is 5.75 Å². The first-order chi connectivity index (χ1) is 10.5. The Bertz CT molecular complexity index is 465. The first kappa shape index (κ1) is 17.3. The number of methoxy groups -OCH3 is 1. The second-order valence-corrected chi connectivity index (χ2v) is 7.09. The fourth-order valence-corrected chi connectivity index (χ4v) is 3.29. The van der Waals surface area contributed by atoms with Crippen molar-refractivity contribution in [2.24, 2.45) is 5.92 Å². The summed E-state index contributed by atoms with van der Waals surface area (Å²) in [7, 11) is 1.79. The van der Waals surface area contributed by atoms with E-state index in [0.717, 1.165) is 31.9 Å². The van der Waals surface area contributed by atoms with Gasteiger partial charge < -0.3 is 10.1 Å². The lowest BCUT2D eigenvalue weighted by Crippen LogP contribution is -2.45. The van der Waals surface area contributed by atoms with Gasteiger partial charge >= 0.3 is 0 Å². The Balaban J connectivity index is 2.37. The molecule has 2 rings (SSSR count). The summed E-state index contributed by atoms with van der Waals surface area (Å²) in [4.78, 5) is 2.62. The van der Waals surface area contributed by atoms with Gasteiger partial charge in [-0.1, -0.05) is 39.8 Å². The molecule has 1 aliphatic rings. The van der Waals surface area contributed by atoms with Crippen molar-refractivity contribution >= 4 is 0 Å². The van der Waals surface area contributed by atoms with E-state index in [1.807, 2.05) is 0 Å². The fraction of sp³-hybridized carbons (Fsp3) is 0.684. The summed E-state index contributed by atoms with van der Waals surface area (Å²) < 4.78 is 5.69. The molecule has 0 amide bonds. The second kappa shape index (κ2) is 7.98. The third-order valence-corrected chi connectivity index (χ3v) is 4.57. The molecule has 1 fully saturated rings. The van der Waals surface area contributed by atoms with E-state index in [4.69, 9.17) is 4.74 Å². The first-order valence-electron chi connectivity index (χ1n) is 8.65. The Morgan fingerprint density at radius 2 is 1.82 bits per heavy atom. The zero-order valence-electron chi connectivity index (χ0n) is 14.9. The van der Waals surface area contributed by atoms with E-state index in [2.05, 4.69) is 56.1 Å². The van der Waals surface area contributed by atoms with Gasteiger partial charge in [-0.2, -0.15) is 0 Å². The lowest BCUT2D eigenvalue weighted by atomic mass is 9.91. The third kappa shape index (κ3) is 4.23. The van der Waals surface area contributed by atoms with Crippen LogP contribution in [0.1, 0.15) is 57.2 Å². The van der Waals surface area contributed by atoms with E-state index < -0.39 is 0 Å². The predicted molar refractivity (Wildman–Crippen MR) is 93.7 cm³/mol. The molecule has 0 spiro atoms. The lowest BCUT2D eigenvalue weighted by Gasteiger charge is -2.37. The van der Waals surface area contributed by atoms with Crippen LogP contribution in [0, 0.1) is 5.92 Å². The van der Waals surface area contributed by atoms with Gasteiger partial charge in [-0.05, 0) is 29.9 Å². The van der Waals surface area contributed by atoms with Gasteiger partial charge in [-0.3, -0.25) is 4.90 Å². The largest absolute Gasteiger partial charge is 0.496 e. The van der Waals surface area contributed by atoms with Crippen molar-refractivity contribution in [1.29, 1.82) is 0 Å². The maximum Gasteiger partial charge on any atom is 0.123 e. The monoisotopic (exact) mass is 304 g/mol. The maximum atomic E-state index is 5.69. The van der Waals surface area contributed by atoms with E-state index in [1.165, 1.54) is 17.5 Å². The van der Waals surface area contributed by atoms with Crippen molar-refractivity contribution < 1.29 is 4.74 Å². The Morgan fingerprint density at radius 1 is 1.14 bits per heavy atom. The molecule has 0 aromatic heterocycles. The van der Waals surface area contributed by atoms with Gasteiger partial charge in [-0.25, -0.2) is 0 Å². The lowest BCUT2D eigenvalue weighted by molar-refractivity contribution is 0.151. The fourth-order valence-electron chi connectivity index (χ4n) is 3.29. The predicted octanol–water partition coefficient (Wildman–Crippen LogP) is 3.81. The normalized spacial score (nSPS) is 18.0. The summed E-state index contributed by atoms with van der Waals surface area (Å²) in [5.74, 6) is 2.26. The Kier molecular flexibility index (Phi) is 6.27. The van der Waals surface area contributed by atoms with Crippen molar-refractivity contribution in [2.75, 3.05) is 33.3 Å². The van der Waals surface area contributed by atoms with Crippen LogP contribution in [0.25, 0.3) is 0 Å². The molecular formula is C19H32N2O. The zero-order valence-corrected chi connectivity index (χ0v) is 14.9. The highest BCUT2D eigenvalue weighted by atomic mass is 16.5. The van der Waals surface area contributed by atoms with Crippen LogP contribution in [0.5, 0.6) is 5.75 Å². The topological polar surface area (TPSA) is 24.5 Å². The van der Waals surface area contributed by atoms with Crippen molar-refractivity contribution in [1.82, 2.24) is 10.2 Å². The Morgan fingerprint density at radius 3 is 2.36 bits per heavy atom. The first-order valence-corrected chi connectivity index (χ1v) is 8.65. The zero-order chi connectivity index (χ0) is 16.1. The maximum absolute atomic E-state index is 5.69. The minimum atomic E-state index is 0.454. The van der Waals surface area contributed by atoms with Crippen molar-refractivity contribution in [3.05, 3.63) is 29.3 Å². The molecule has 1 aromatic rings. The molecule has 0 saturated carbocycles. The van der Waals surface area contributed by atoms with Crippen molar-refractivity contribution in [3.8, 4) is 5.75 Å². The van der Waals surface area contributed by atoms with Crippen LogP contribution in [0.2, 0.25) is 0 Å². The molecule has 22 heavy (non-hydrogen) atoms. The SMILES string of the molecule is COc1ccc(C(C)C)cc1[C@@H](CC(C)C)N1CCNCC1. The highest BCUT2D eigenvalue weighted by Crippen LogP contribution is 2.36. The average molecular weight is 304 g/mol. The molecule has 1 heterocycles. The summed E-state index contributed by atoms with van der Waals surface area (Å²) >= 11 is 0. The molecule has 0 aliphatic carbocycles. The van der Waals surface area contributed by atoms with Crippen LogP contribution in [-0.4, -0.2) is 38.2 Å². The van der Waals surface area contributed by atoms with E-state index in [9.17, 15) is 0 Å². The molecule has 3 nitrogen and oxygen atoms in total. The van der Waals surface area contributed by atoms with Gasteiger partial charge in [0.05, 0.1) is 7.11 Å². The summed E-state index contributed by atoms with van der Waals surface area (Å²) in [6.45, 7) is 13.5. The van der Waals surface area contributed by atoms with Crippen molar-refractivity contribution in [2.45, 2.75) is 46.1 Å². The molecule has 1 aromatic carbocycles. The van der Waals surface area contributed by atoms with Gasteiger partial charge in [0.2, 0.25) is 0 Å². The number of nitrogens with zero attached hydrogens (tertiary/aromatic N) is 1. The minimum Gasteiger partial charge on any atom is -0.496 e. The number of nitrogens with one attached hydrogen (secondary N) is 1. The Hall–Kier alpha value is -1.06. The quantitative estimate of drug-likeness (QED) is 0.865. The van der Waals surface area contributed by atoms with Crippen LogP contribution in [0.3, 0.4) is 0 Å². The molecule has 3 heteroatoms. The van der Waals surface area contributed by atoms with Crippen LogP contribution < -0.4 is 10.1 Å². The van der Waals surface area contributed by atoms with Crippen LogP contribution in [0.4, 0.5) is 0 Å². The van der Waals surface area contributed by atoms with E-state index >= 15 is 0 Å². The number of piperazine rings is 1. The number of hydrogen-bond acceptors (Lipinski definition) is 3. The molecule has 1 N–H and O–H groups in total. The van der Waals surface area contributed by atoms with Gasteiger partial charge in [0, 0.05) is 37.8 Å². The minimum absolute atomic E-state index is 0.454. The summed E-state index contributed by atoms with van der Waals surface area (Å²) in [5, 5.41) is 3.46. The molecule has 1 atom stereocenters. The van der Waals surface area contributed by atoms with Crippen molar-refractivity contribution in [3.63, 3.8) is 0 Å². The smallest absolute Gasteiger partial charge is 0.123 e.